The van der Waals surface area contributed by atoms with Crippen LogP contribution in [-0.2, 0) is 16.0 Å². The lowest BCUT2D eigenvalue weighted by Crippen LogP contribution is -2.40. The molecule has 0 bridgehead atoms. The van der Waals surface area contributed by atoms with Crippen LogP contribution >= 0.6 is 0 Å². The van der Waals surface area contributed by atoms with Crippen LogP contribution in [0.2, 0.25) is 0 Å². The average molecular weight is 267 g/mol. The van der Waals surface area contributed by atoms with Crippen LogP contribution in [0.1, 0.15) is 24.8 Å². The van der Waals surface area contributed by atoms with E-state index in [0.717, 1.165) is 6.07 Å². The number of amides is 1. The second-order valence-electron chi connectivity index (χ2n) is 4.69. The van der Waals surface area contributed by atoms with Crippen molar-refractivity contribution in [1.82, 2.24) is 4.90 Å². The van der Waals surface area contributed by atoms with E-state index in [1.54, 1.807) is 0 Å². The maximum absolute atomic E-state index is 13.4. The summed E-state index contributed by atoms with van der Waals surface area (Å²) in [6.45, 7) is 0.737. The summed E-state index contributed by atoms with van der Waals surface area (Å²) in [4.78, 5) is 24.6. The standard InChI is InChI=1S/C14H15F2NO2/c15-11-5-3-10(13(16)8-11)4-6-14(19)17-7-1-2-12(18)9-17/h3,5,8H,1-2,4,6-7,9H2. The van der Waals surface area contributed by atoms with E-state index in [0.29, 0.717) is 24.9 Å². The van der Waals surface area contributed by atoms with Crippen LogP contribution in [0, 0.1) is 11.6 Å². The SMILES string of the molecule is O=C1CCCN(C(=O)CCc2ccc(F)cc2F)C1. The topological polar surface area (TPSA) is 37.4 Å². The third-order valence-corrected chi connectivity index (χ3v) is 3.23. The van der Waals surface area contributed by atoms with Gasteiger partial charge in [-0.25, -0.2) is 8.78 Å². The molecule has 102 valence electrons. The third kappa shape index (κ3) is 3.59. The van der Waals surface area contributed by atoms with Gasteiger partial charge in [-0.05, 0) is 24.5 Å². The molecular weight excluding hydrogens is 252 g/mol. The highest BCUT2D eigenvalue weighted by atomic mass is 19.1. The largest absolute Gasteiger partial charge is 0.335 e. The first-order valence-electron chi connectivity index (χ1n) is 6.29. The van der Waals surface area contributed by atoms with Gasteiger partial charge in [-0.1, -0.05) is 6.07 Å². The molecule has 19 heavy (non-hydrogen) atoms. The highest BCUT2D eigenvalue weighted by molar-refractivity contribution is 5.87. The van der Waals surface area contributed by atoms with Gasteiger partial charge in [0.1, 0.15) is 11.6 Å². The molecule has 1 amide bonds. The molecule has 0 aromatic heterocycles. The number of likely N-dealkylation sites (tertiary alicyclic amines) is 1. The summed E-state index contributed by atoms with van der Waals surface area (Å²) in [5.74, 6) is -1.36. The first-order chi connectivity index (χ1) is 9.06. The zero-order valence-electron chi connectivity index (χ0n) is 10.5. The maximum atomic E-state index is 13.4. The van der Waals surface area contributed by atoms with E-state index in [-0.39, 0.29) is 31.1 Å². The van der Waals surface area contributed by atoms with Crippen LogP contribution in [0.3, 0.4) is 0 Å². The Kier molecular flexibility index (Phi) is 4.24. The van der Waals surface area contributed by atoms with Crippen LogP contribution in [0.15, 0.2) is 18.2 Å². The third-order valence-electron chi connectivity index (χ3n) is 3.23. The molecule has 1 aromatic carbocycles. The molecule has 3 nitrogen and oxygen atoms in total. The van der Waals surface area contributed by atoms with Crippen molar-refractivity contribution in [3.05, 3.63) is 35.4 Å². The number of carbonyl (C=O) groups is 2. The van der Waals surface area contributed by atoms with Crippen molar-refractivity contribution in [2.24, 2.45) is 0 Å². The van der Waals surface area contributed by atoms with Gasteiger partial charge in [0.15, 0.2) is 5.78 Å². The first-order valence-corrected chi connectivity index (χ1v) is 6.29. The molecule has 0 N–H and O–H groups in total. The van der Waals surface area contributed by atoms with Gasteiger partial charge in [-0.2, -0.15) is 0 Å². The molecule has 0 spiro atoms. The Balaban J connectivity index is 1.91. The van der Waals surface area contributed by atoms with Crippen molar-refractivity contribution in [2.75, 3.05) is 13.1 Å². The Labute approximate surface area is 110 Å². The van der Waals surface area contributed by atoms with Crippen molar-refractivity contribution < 1.29 is 18.4 Å². The highest BCUT2D eigenvalue weighted by Crippen LogP contribution is 2.13. The maximum Gasteiger partial charge on any atom is 0.223 e. The van der Waals surface area contributed by atoms with E-state index in [1.165, 1.54) is 17.0 Å². The van der Waals surface area contributed by atoms with Gasteiger partial charge in [-0.15, -0.1) is 0 Å². The molecule has 0 unspecified atom stereocenters. The van der Waals surface area contributed by atoms with Gasteiger partial charge in [0.05, 0.1) is 6.54 Å². The molecule has 5 heteroatoms. The number of hydrogen-bond donors (Lipinski definition) is 0. The minimum Gasteiger partial charge on any atom is -0.335 e. The fraction of sp³-hybridized carbons (Fsp3) is 0.429. The van der Waals surface area contributed by atoms with Crippen LogP contribution in [0.4, 0.5) is 8.78 Å². The molecule has 1 fully saturated rings. The molecule has 0 radical (unpaired) electrons. The molecule has 1 saturated heterocycles. The molecular formula is C14H15F2NO2. The summed E-state index contributed by atoms with van der Waals surface area (Å²) in [5.41, 5.74) is 0.318. The Morgan fingerprint density at radius 3 is 2.79 bits per heavy atom. The Hall–Kier alpha value is -1.78. The van der Waals surface area contributed by atoms with Crippen LogP contribution in [0.25, 0.3) is 0 Å². The molecule has 1 aliphatic rings. The number of halogens is 2. The lowest BCUT2D eigenvalue weighted by molar-refractivity contribution is -0.137. The number of nitrogens with zero attached hydrogens (tertiary/aromatic N) is 1. The van der Waals surface area contributed by atoms with E-state index in [4.69, 9.17) is 0 Å². The molecule has 1 heterocycles. The van der Waals surface area contributed by atoms with Crippen LogP contribution in [0.5, 0.6) is 0 Å². The zero-order valence-corrected chi connectivity index (χ0v) is 10.5. The van der Waals surface area contributed by atoms with Gasteiger partial charge in [0.25, 0.3) is 0 Å². The molecule has 1 aliphatic heterocycles. The van der Waals surface area contributed by atoms with Gasteiger partial charge < -0.3 is 4.90 Å². The van der Waals surface area contributed by atoms with Crippen molar-refractivity contribution in [3.63, 3.8) is 0 Å². The normalized spacial score (nSPS) is 15.7. The van der Waals surface area contributed by atoms with E-state index in [2.05, 4.69) is 0 Å². The van der Waals surface area contributed by atoms with E-state index in [1.807, 2.05) is 0 Å². The summed E-state index contributed by atoms with van der Waals surface area (Å²) in [6, 6.07) is 3.33. The average Bonchev–Trinajstić information content (AvgIpc) is 2.37. The Morgan fingerprint density at radius 1 is 1.32 bits per heavy atom. The summed E-state index contributed by atoms with van der Waals surface area (Å²) < 4.78 is 26.1. The summed E-state index contributed by atoms with van der Waals surface area (Å²) in [7, 11) is 0. The predicted octanol–water partition coefficient (Wildman–Crippen LogP) is 2.09. The van der Waals surface area contributed by atoms with Crippen molar-refractivity contribution >= 4 is 11.7 Å². The second-order valence-corrected chi connectivity index (χ2v) is 4.69. The van der Waals surface area contributed by atoms with Crippen molar-refractivity contribution in [2.45, 2.75) is 25.7 Å². The summed E-state index contributed by atoms with van der Waals surface area (Å²) in [6.07, 6.45) is 1.57. The van der Waals surface area contributed by atoms with Crippen LogP contribution in [-0.4, -0.2) is 29.7 Å². The Morgan fingerprint density at radius 2 is 2.11 bits per heavy atom. The molecule has 0 aliphatic carbocycles. The molecule has 0 atom stereocenters. The number of carbonyl (C=O) groups excluding carboxylic acids is 2. The number of hydrogen-bond acceptors (Lipinski definition) is 2. The van der Waals surface area contributed by atoms with Gasteiger partial charge in [0.2, 0.25) is 5.91 Å². The molecule has 0 saturated carbocycles. The minimum absolute atomic E-state index is 0.0626. The number of piperidine rings is 1. The fourth-order valence-electron chi connectivity index (χ4n) is 2.18. The summed E-state index contributed by atoms with van der Waals surface area (Å²) >= 11 is 0. The molecule has 2 rings (SSSR count). The van der Waals surface area contributed by atoms with Crippen molar-refractivity contribution in [3.8, 4) is 0 Å². The van der Waals surface area contributed by atoms with Gasteiger partial charge >= 0.3 is 0 Å². The monoisotopic (exact) mass is 267 g/mol. The highest BCUT2D eigenvalue weighted by Gasteiger charge is 2.21. The predicted molar refractivity (Wildman–Crippen MR) is 65.5 cm³/mol. The number of rotatable bonds is 3. The minimum atomic E-state index is -0.637. The first kappa shape index (κ1) is 13.6. The van der Waals surface area contributed by atoms with E-state index < -0.39 is 11.6 Å². The second kappa shape index (κ2) is 5.91. The smallest absolute Gasteiger partial charge is 0.223 e. The lowest BCUT2D eigenvalue weighted by Gasteiger charge is -2.25. The Bertz CT molecular complexity index is 502. The van der Waals surface area contributed by atoms with Crippen molar-refractivity contribution in [1.29, 1.82) is 0 Å². The number of aryl methyl sites for hydroxylation is 1. The zero-order chi connectivity index (χ0) is 13.8. The lowest BCUT2D eigenvalue weighted by atomic mass is 10.1. The van der Waals surface area contributed by atoms with Gasteiger partial charge in [0, 0.05) is 25.5 Å². The van der Waals surface area contributed by atoms with Gasteiger partial charge in [-0.3, -0.25) is 9.59 Å². The van der Waals surface area contributed by atoms with E-state index >= 15 is 0 Å². The number of benzene rings is 1. The quantitative estimate of drug-likeness (QED) is 0.841. The number of Topliss-reactive ketones (excluding diaryl/α,β-unsaturated/α-hetero) is 1. The van der Waals surface area contributed by atoms with E-state index in [9.17, 15) is 18.4 Å². The van der Waals surface area contributed by atoms with Crippen LogP contribution < -0.4 is 0 Å². The summed E-state index contributed by atoms with van der Waals surface area (Å²) in [5, 5.41) is 0. The number of ketones is 1. The molecule has 1 aromatic rings. The fourth-order valence-corrected chi connectivity index (χ4v) is 2.18.